The van der Waals surface area contributed by atoms with Crippen molar-refractivity contribution in [3.05, 3.63) is 100 Å². The number of rotatable bonds is 10. The molecule has 0 saturated heterocycles. The lowest BCUT2D eigenvalue weighted by Crippen LogP contribution is -2.59. The second-order valence-corrected chi connectivity index (χ2v) is 12.9. The monoisotopic (exact) mass is 605 g/mol. The predicted octanol–water partition coefficient (Wildman–Crippen LogP) is 7.79. The van der Waals surface area contributed by atoms with Gasteiger partial charge in [-0.25, -0.2) is 4.79 Å². The maximum absolute atomic E-state index is 14.8. The summed E-state index contributed by atoms with van der Waals surface area (Å²) >= 11 is 6.50. The topological polar surface area (TPSA) is 87.7 Å². The van der Waals surface area contributed by atoms with Gasteiger partial charge in [0, 0.05) is 12.0 Å². The zero-order chi connectivity index (χ0) is 31.9. The number of amides is 3. The molecule has 0 aliphatic rings. The van der Waals surface area contributed by atoms with Crippen LogP contribution in [0.2, 0.25) is 5.02 Å². The highest BCUT2D eigenvalue weighted by Crippen LogP contribution is 2.35. The molecule has 3 rings (SSSR count). The second-order valence-electron chi connectivity index (χ2n) is 12.5. The molecule has 7 nitrogen and oxygen atoms in total. The number of carbonyl (C=O) groups is 3. The van der Waals surface area contributed by atoms with Gasteiger partial charge < -0.3 is 20.3 Å². The smallest absolute Gasteiger partial charge is 0.408 e. The van der Waals surface area contributed by atoms with Gasteiger partial charge in [0.2, 0.25) is 5.91 Å². The molecular formula is C35H44ClN3O4. The minimum atomic E-state index is -1.03. The third kappa shape index (κ3) is 9.07. The Morgan fingerprint density at radius 2 is 1.51 bits per heavy atom. The van der Waals surface area contributed by atoms with E-state index in [-0.39, 0.29) is 6.42 Å². The average Bonchev–Trinajstić information content (AvgIpc) is 2.93. The van der Waals surface area contributed by atoms with Crippen LogP contribution in [-0.2, 0) is 20.7 Å². The van der Waals surface area contributed by atoms with Crippen molar-refractivity contribution in [2.45, 2.75) is 91.5 Å². The van der Waals surface area contributed by atoms with Crippen molar-refractivity contribution in [2.75, 3.05) is 5.32 Å². The number of benzene rings is 3. The molecule has 43 heavy (non-hydrogen) atoms. The van der Waals surface area contributed by atoms with Crippen molar-refractivity contribution < 1.29 is 19.1 Å². The largest absolute Gasteiger partial charge is 0.444 e. The molecule has 230 valence electrons. The molecule has 2 atom stereocenters. The number of carbonyl (C=O) groups excluding carboxylic acids is 3. The van der Waals surface area contributed by atoms with Gasteiger partial charge in [-0.05, 0) is 77.6 Å². The lowest BCUT2D eigenvalue weighted by Gasteiger charge is -2.44. The van der Waals surface area contributed by atoms with E-state index >= 15 is 0 Å². The number of para-hydroxylation sites is 1. The van der Waals surface area contributed by atoms with Crippen molar-refractivity contribution in [3.8, 4) is 0 Å². The van der Waals surface area contributed by atoms with Gasteiger partial charge in [0.15, 0.2) is 0 Å². The van der Waals surface area contributed by atoms with E-state index in [1.54, 1.807) is 31.7 Å². The number of anilines is 1. The number of nitrogens with zero attached hydrogens (tertiary/aromatic N) is 1. The molecule has 0 heterocycles. The first-order chi connectivity index (χ1) is 20.1. The van der Waals surface area contributed by atoms with Crippen molar-refractivity contribution >= 4 is 35.2 Å². The standard InChI is InChI=1S/C35H44ClN3O4/c1-9-35(7,8)39(32(41)28(22-25-15-11-10-12-16-25)37-33(42)43-34(4,5)6)30(26-20-18-23(2)19-21-26)31(40)38-29-24(3)14-13-17-27(29)36/h10-21,28,30H,9,22H2,1-8H3,(H,37,42)(H,38,40). The highest BCUT2D eigenvalue weighted by molar-refractivity contribution is 6.34. The van der Waals surface area contributed by atoms with E-state index in [4.69, 9.17) is 16.3 Å². The first-order valence-corrected chi connectivity index (χ1v) is 15.0. The van der Waals surface area contributed by atoms with Crippen LogP contribution in [0.1, 0.15) is 76.3 Å². The molecule has 2 N–H and O–H groups in total. The van der Waals surface area contributed by atoms with E-state index < -0.39 is 41.1 Å². The Morgan fingerprint density at radius 3 is 2.07 bits per heavy atom. The van der Waals surface area contributed by atoms with E-state index in [0.29, 0.717) is 22.7 Å². The summed E-state index contributed by atoms with van der Waals surface area (Å²) in [7, 11) is 0. The number of hydrogen-bond acceptors (Lipinski definition) is 4. The Morgan fingerprint density at radius 1 is 0.884 bits per heavy atom. The molecule has 0 bridgehead atoms. The van der Waals surface area contributed by atoms with Crippen LogP contribution >= 0.6 is 11.6 Å². The molecule has 0 fully saturated rings. The quantitative estimate of drug-likeness (QED) is 0.247. The maximum atomic E-state index is 14.8. The Hall–Kier alpha value is -3.84. The summed E-state index contributed by atoms with van der Waals surface area (Å²) < 4.78 is 5.54. The first kappa shape index (κ1) is 33.7. The Balaban J connectivity index is 2.16. The Kier molecular flexibility index (Phi) is 11.0. The summed E-state index contributed by atoms with van der Waals surface area (Å²) in [6.45, 7) is 14.9. The fourth-order valence-electron chi connectivity index (χ4n) is 4.76. The molecular weight excluding hydrogens is 562 g/mol. The molecule has 0 radical (unpaired) electrons. The normalized spacial score (nSPS) is 13.0. The first-order valence-electron chi connectivity index (χ1n) is 14.6. The number of nitrogens with one attached hydrogen (secondary N) is 2. The number of alkyl carbamates (subject to hydrolysis) is 1. The second kappa shape index (κ2) is 14.1. The van der Waals surface area contributed by atoms with Gasteiger partial charge >= 0.3 is 6.09 Å². The van der Waals surface area contributed by atoms with E-state index in [2.05, 4.69) is 10.6 Å². The van der Waals surface area contributed by atoms with Gasteiger partial charge in [-0.1, -0.05) is 90.8 Å². The van der Waals surface area contributed by atoms with Crippen molar-refractivity contribution in [2.24, 2.45) is 0 Å². The summed E-state index contributed by atoms with van der Waals surface area (Å²) in [5, 5.41) is 6.22. The van der Waals surface area contributed by atoms with Gasteiger partial charge in [-0.2, -0.15) is 0 Å². The molecule has 3 amide bonds. The molecule has 3 aromatic rings. The van der Waals surface area contributed by atoms with Crippen molar-refractivity contribution in [1.82, 2.24) is 10.2 Å². The zero-order valence-electron chi connectivity index (χ0n) is 26.5. The number of halogens is 1. The van der Waals surface area contributed by atoms with Crippen LogP contribution in [0.25, 0.3) is 0 Å². The summed E-state index contributed by atoms with van der Waals surface area (Å²) in [5.41, 5.74) is 2.25. The number of aryl methyl sites for hydroxylation is 2. The van der Waals surface area contributed by atoms with Crippen LogP contribution in [0.4, 0.5) is 10.5 Å². The zero-order valence-corrected chi connectivity index (χ0v) is 27.2. The molecule has 3 aromatic carbocycles. The van der Waals surface area contributed by atoms with Gasteiger partial charge in [-0.3, -0.25) is 9.59 Å². The molecule has 0 aromatic heterocycles. The lowest BCUT2D eigenvalue weighted by molar-refractivity contribution is -0.147. The lowest BCUT2D eigenvalue weighted by atomic mass is 9.91. The van der Waals surface area contributed by atoms with Gasteiger partial charge in [0.25, 0.3) is 5.91 Å². The summed E-state index contributed by atoms with van der Waals surface area (Å²) in [4.78, 5) is 43.7. The fourth-order valence-corrected chi connectivity index (χ4v) is 5.03. The van der Waals surface area contributed by atoms with Crippen LogP contribution < -0.4 is 10.6 Å². The highest BCUT2D eigenvalue weighted by atomic mass is 35.5. The van der Waals surface area contributed by atoms with E-state index in [1.807, 2.05) is 101 Å². The van der Waals surface area contributed by atoms with E-state index in [0.717, 1.165) is 16.7 Å². The average molecular weight is 606 g/mol. The third-order valence-corrected chi connectivity index (χ3v) is 7.71. The summed E-state index contributed by atoms with van der Waals surface area (Å²) in [6, 6.07) is 20.4. The maximum Gasteiger partial charge on any atom is 0.408 e. The molecule has 0 aliphatic heterocycles. The van der Waals surface area contributed by atoms with Crippen molar-refractivity contribution in [1.29, 1.82) is 0 Å². The SMILES string of the molecule is CCC(C)(C)N(C(=O)C(Cc1ccccc1)NC(=O)OC(C)(C)C)C(C(=O)Nc1c(C)cccc1Cl)c1ccc(C)cc1. The van der Waals surface area contributed by atoms with E-state index in [9.17, 15) is 14.4 Å². The molecule has 0 aliphatic carbocycles. The molecule has 0 saturated carbocycles. The Bertz CT molecular complexity index is 1400. The summed E-state index contributed by atoms with van der Waals surface area (Å²) in [5.74, 6) is -0.816. The van der Waals surface area contributed by atoms with Crippen LogP contribution in [0.5, 0.6) is 0 Å². The predicted molar refractivity (Wildman–Crippen MR) is 173 cm³/mol. The highest BCUT2D eigenvalue weighted by Gasteiger charge is 2.43. The number of hydrogen-bond donors (Lipinski definition) is 2. The van der Waals surface area contributed by atoms with Gasteiger partial charge in [0.1, 0.15) is 17.7 Å². The summed E-state index contributed by atoms with van der Waals surface area (Å²) in [6.07, 6.45) is 0.0458. The minimum absolute atomic E-state index is 0.209. The molecule has 0 spiro atoms. The van der Waals surface area contributed by atoms with Crippen LogP contribution in [-0.4, -0.2) is 40.0 Å². The van der Waals surface area contributed by atoms with Gasteiger partial charge in [0.05, 0.1) is 10.7 Å². The fraction of sp³-hybridized carbons (Fsp3) is 0.400. The molecule has 8 heteroatoms. The Labute approximate surface area is 261 Å². The van der Waals surface area contributed by atoms with Crippen LogP contribution in [0.3, 0.4) is 0 Å². The van der Waals surface area contributed by atoms with Crippen LogP contribution in [0, 0.1) is 13.8 Å². The van der Waals surface area contributed by atoms with E-state index in [1.165, 1.54) is 0 Å². The minimum Gasteiger partial charge on any atom is -0.444 e. The van der Waals surface area contributed by atoms with Gasteiger partial charge in [-0.15, -0.1) is 0 Å². The number of ether oxygens (including phenoxy) is 1. The van der Waals surface area contributed by atoms with Crippen LogP contribution in [0.15, 0.2) is 72.8 Å². The van der Waals surface area contributed by atoms with Crippen molar-refractivity contribution in [3.63, 3.8) is 0 Å². The molecule has 2 unspecified atom stereocenters. The third-order valence-electron chi connectivity index (χ3n) is 7.40.